The fourth-order valence-electron chi connectivity index (χ4n) is 1.19. The summed E-state index contributed by atoms with van der Waals surface area (Å²) < 4.78 is 5.27. The lowest BCUT2D eigenvalue weighted by Crippen LogP contribution is -2.03. The summed E-state index contributed by atoms with van der Waals surface area (Å²) in [4.78, 5) is 17.6. The highest BCUT2D eigenvalue weighted by Gasteiger charge is 2.05. The van der Waals surface area contributed by atoms with Gasteiger partial charge in [-0.15, -0.1) is 0 Å². The molecule has 1 N–H and O–H groups in total. The first-order valence-corrected chi connectivity index (χ1v) is 3.64. The number of fused-ring (bicyclic) bond motifs is 1. The van der Waals surface area contributed by atoms with Gasteiger partial charge in [0, 0.05) is 18.6 Å². The highest BCUT2D eigenvalue weighted by Crippen LogP contribution is 2.14. The molecule has 0 bridgehead atoms. The van der Waals surface area contributed by atoms with Crippen LogP contribution < -0.4 is 5.56 Å². The van der Waals surface area contributed by atoms with Gasteiger partial charge in [0.15, 0.2) is 17.1 Å². The summed E-state index contributed by atoms with van der Waals surface area (Å²) >= 11 is 0. The zero-order valence-electron chi connectivity index (χ0n) is 6.84. The van der Waals surface area contributed by atoms with Gasteiger partial charge in [-0.25, -0.2) is 0 Å². The fraction of sp³-hybridized carbons (Fsp3) is 0.250. The smallest absolute Gasteiger partial charge is 0.250 e. The van der Waals surface area contributed by atoms with E-state index in [0.717, 1.165) is 5.56 Å². The van der Waals surface area contributed by atoms with E-state index >= 15 is 0 Å². The highest BCUT2D eigenvalue weighted by molar-refractivity contribution is 5.71. The van der Waals surface area contributed by atoms with Crippen molar-refractivity contribution in [2.45, 2.75) is 13.8 Å². The maximum Gasteiger partial charge on any atom is 0.250 e. The first-order chi connectivity index (χ1) is 5.66. The predicted molar refractivity (Wildman–Crippen MR) is 44.1 cm³/mol. The fourth-order valence-corrected chi connectivity index (χ4v) is 1.19. The summed E-state index contributed by atoms with van der Waals surface area (Å²) in [6, 6.07) is 1.49. The molecule has 4 nitrogen and oxygen atoms in total. The SMILES string of the molecule is Cc1nc2[nH]c(=O)cc(C)c2o1. The van der Waals surface area contributed by atoms with Crippen molar-refractivity contribution < 1.29 is 4.42 Å². The molecule has 0 atom stereocenters. The van der Waals surface area contributed by atoms with Crippen molar-refractivity contribution in [1.29, 1.82) is 0 Å². The molecule has 2 rings (SSSR count). The van der Waals surface area contributed by atoms with Crippen molar-refractivity contribution >= 4 is 11.2 Å². The molecule has 0 radical (unpaired) electrons. The molecule has 0 aromatic carbocycles. The van der Waals surface area contributed by atoms with Crippen LogP contribution in [0.15, 0.2) is 15.3 Å². The van der Waals surface area contributed by atoms with E-state index in [-0.39, 0.29) is 5.56 Å². The van der Waals surface area contributed by atoms with Gasteiger partial charge < -0.3 is 9.40 Å². The molecule has 0 unspecified atom stereocenters. The van der Waals surface area contributed by atoms with Gasteiger partial charge in [0.25, 0.3) is 0 Å². The molecule has 0 aliphatic rings. The van der Waals surface area contributed by atoms with E-state index < -0.39 is 0 Å². The van der Waals surface area contributed by atoms with E-state index in [2.05, 4.69) is 9.97 Å². The lowest BCUT2D eigenvalue weighted by molar-refractivity contribution is 0.559. The van der Waals surface area contributed by atoms with E-state index in [0.29, 0.717) is 17.1 Å². The second kappa shape index (κ2) is 2.20. The number of aryl methyl sites for hydroxylation is 2. The average molecular weight is 164 g/mol. The maximum absolute atomic E-state index is 11.0. The topological polar surface area (TPSA) is 58.9 Å². The largest absolute Gasteiger partial charge is 0.439 e. The van der Waals surface area contributed by atoms with Crippen molar-refractivity contribution in [2.24, 2.45) is 0 Å². The van der Waals surface area contributed by atoms with Crippen LogP contribution in [0.1, 0.15) is 11.5 Å². The van der Waals surface area contributed by atoms with Gasteiger partial charge in [0.05, 0.1) is 0 Å². The Morgan fingerprint density at radius 1 is 1.50 bits per heavy atom. The van der Waals surface area contributed by atoms with Crippen LogP contribution in [-0.4, -0.2) is 9.97 Å². The van der Waals surface area contributed by atoms with Crippen LogP contribution in [-0.2, 0) is 0 Å². The molecule has 2 aromatic heterocycles. The third-order valence-corrected chi connectivity index (χ3v) is 1.68. The van der Waals surface area contributed by atoms with E-state index in [1.165, 1.54) is 6.07 Å². The second-order valence-electron chi connectivity index (χ2n) is 2.73. The lowest BCUT2D eigenvalue weighted by atomic mass is 10.3. The molecule has 0 fully saturated rings. The number of H-pyrrole nitrogens is 1. The molecule has 0 saturated heterocycles. The van der Waals surface area contributed by atoms with Gasteiger partial charge in [-0.05, 0) is 6.92 Å². The van der Waals surface area contributed by atoms with Crippen molar-refractivity contribution in [3.8, 4) is 0 Å². The molecular formula is C8H8N2O2. The van der Waals surface area contributed by atoms with Crippen LogP contribution in [0.3, 0.4) is 0 Å². The van der Waals surface area contributed by atoms with Crippen LogP contribution >= 0.6 is 0 Å². The Morgan fingerprint density at radius 3 is 3.00 bits per heavy atom. The number of pyridine rings is 1. The minimum Gasteiger partial charge on any atom is -0.439 e. The minimum atomic E-state index is -0.145. The number of oxazole rings is 1. The van der Waals surface area contributed by atoms with Crippen molar-refractivity contribution in [3.63, 3.8) is 0 Å². The second-order valence-corrected chi connectivity index (χ2v) is 2.73. The Kier molecular flexibility index (Phi) is 1.30. The number of hydrogen-bond donors (Lipinski definition) is 1. The zero-order chi connectivity index (χ0) is 8.72. The number of aromatic amines is 1. The number of rotatable bonds is 0. The molecule has 0 aliphatic heterocycles. The molecule has 0 aliphatic carbocycles. The number of hydrogen-bond acceptors (Lipinski definition) is 3. The van der Waals surface area contributed by atoms with Crippen molar-refractivity contribution in [1.82, 2.24) is 9.97 Å². The summed E-state index contributed by atoms with van der Waals surface area (Å²) in [5.74, 6) is 0.565. The van der Waals surface area contributed by atoms with Gasteiger partial charge >= 0.3 is 0 Å². The van der Waals surface area contributed by atoms with Gasteiger partial charge in [-0.3, -0.25) is 4.79 Å². The third-order valence-electron chi connectivity index (χ3n) is 1.68. The molecule has 62 valence electrons. The summed E-state index contributed by atoms with van der Waals surface area (Å²) in [7, 11) is 0. The van der Waals surface area contributed by atoms with E-state index in [9.17, 15) is 4.79 Å². The standard InChI is InChI=1S/C8H8N2O2/c1-4-3-6(11)10-8-7(4)12-5(2)9-8/h3H,1-2H3,(H,10,11). The summed E-state index contributed by atoms with van der Waals surface area (Å²) in [5, 5.41) is 0. The molecule has 0 amide bonds. The average Bonchev–Trinajstić information content (AvgIpc) is 2.29. The van der Waals surface area contributed by atoms with Crippen LogP contribution in [0.2, 0.25) is 0 Å². The Bertz CT molecular complexity index is 481. The maximum atomic E-state index is 11.0. The Labute approximate surface area is 68.2 Å². The van der Waals surface area contributed by atoms with Crippen LogP contribution in [0.5, 0.6) is 0 Å². The van der Waals surface area contributed by atoms with Crippen LogP contribution in [0, 0.1) is 13.8 Å². The Balaban J connectivity index is 2.97. The normalized spacial score (nSPS) is 10.8. The molecule has 4 heteroatoms. The highest BCUT2D eigenvalue weighted by atomic mass is 16.3. The van der Waals surface area contributed by atoms with Gasteiger partial charge in [-0.1, -0.05) is 0 Å². The van der Waals surface area contributed by atoms with E-state index in [1.54, 1.807) is 6.92 Å². The Morgan fingerprint density at radius 2 is 2.25 bits per heavy atom. The summed E-state index contributed by atoms with van der Waals surface area (Å²) in [6.07, 6.45) is 0. The quantitative estimate of drug-likeness (QED) is 0.635. The Hall–Kier alpha value is -1.58. The van der Waals surface area contributed by atoms with Crippen molar-refractivity contribution in [3.05, 3.63) is 27.9 Å². The molecule has 12 heavy (non-hydrogen) atoms. The number of aromatic nitrogens is 2. The first-order valence-electron chi connectivity index (χ1n) is 3.64. The van der Waals surface area contributed by atoms with E-state index in [1.807, 2.05) is 6.92 Å². The molecular weight excluding hydrogens is 156 g/mol. The van der Waals surface area contributed by atoms with E-state index in [4.69, 9.17) is 4.42 Å². The summed E-state index contributed by atoms with van der Waals surface area (Å²) in [5.41, 5.74) is 1.85. The van der Waals surface area contributed by atoms with Crippen molar-refractivity contribution in [2.75, 3.05) is 0 Å². The minimum absolute atomic E-state index is 0.145. The van der Waals surface area contributed by atoms with Gasteiger partial charge in [0.2, 0.25) is 5.56 Å². The van der Waals surface area contributed by atoms with Gasteiger partial charge in [-0.2, -0.15) is 4.98 Å². The molecule has 2 heterocycles. The zero-order valence-corrected chi connectivity index (χ0v) is 6.84. The lowest BCUT2D eigenvalue weighted by Gasteiger charge is -1.89. The number of nitrogens with one attached hydrogen (secondary N) is 1. The van der Waals surface area contributed by atoms with Gasteiger partial charge in [0.1, 0.15) is 0 Å². The van der Waals surface area contributed by atoms with Crippen LogP contribution in [0.4, 0.5) is 0 Å². The van der Waals surface area contributed by atoms with Crippen LogP contribution in [0.25, 0.3) is 11.2 Å². The third kappa shape index (κ3) is 0.922. The summed E-state index contributed by atoms with van der Waals surface area (Å²) in [6.45, 7) is 3.57. The molecule has 0 saturated carbocycles. The molecule has 2 aromatic rings. The monoisotopic (exact) mass is 164 g/mol. The number of nitrogens with zero attached hydrogens (tertiary/aromatic N) is 1. The molecule has 0 spiro atoms. The predicted octanol–water partition coefficient (Wildman–Crippen LogP) is 1.13. The first kappa shape index (κ1) is 7.09.